The molecule has 0 radical (unpaired) electrons. The zero-order valence-corrected chi connectivity index (χ0v) is 12.7. The molecule has 6 heteroatoms. The molecule has 1 aromatic carbocycles. The highest BCUT2D eigenvalue weighted by Crippen LogP contribution is 2.22. The van der Waals surface area contributed by atoms with Crippen LogP contribution in [-0.4, -0.2) is 25.0 Å². The maximum Gasteiger partial charge on any atom is 0.251 e. The van der Waals surface area contributed by atoms with Crippen LogP contribution in [0.2, 0.25) is 0 Å². The molecule has 0 aliphatic heterocycles. The van der Waals surface area contributed by atoms with E-state index in [9.17, 15) is 4.79 Å². The van der Waals surface area contributed by atoms with Crippen LogP contribution in [0.4, 0.5) is 11.4 Å². The number of hydrogen-bond acceptors (Lipinski definition) is 5. The quantitative estimate of drug-likeness (QED) is 0.842. The molecular formula is C15H20N4O2. The molecule has 1 heterocycles. The summed E-state index contributed by atoms with van der Waals surface area (Å²) in [5, 5.41) is 2.84. The minimum Gasteiger partial charge on any atom is -0.444 e. The second-order valence-corrected chi connectivity index (χ2v) is 5.17. The number of carbonyl (C=O) groups excluding carboxylic acids is 1. The van der Waals surface area contributed by atoms with Crippen molar-refractivity contribution in [2.75, 3.05) is 24.7 Å². The number of oxazole rings is 1. The summed E-state index contributed by atoms with van der Waals surface area (Å²) in [6.45, 7) is 3.63. The molecule has 0 saturated heterocycles. The Morgan fingerprint density at radius 1 is 1.43 bits per heavy atom. The molecule has 0 aliphatic rings. The van der Waals surface area contributed by atoms with Crippen molar-refractivity contribution in [2.24, 2.45) is 0 Å². The molecule has 3 N–H and O–H groups in total. The van der Waals surface area contributed by atoms with Gasteiger partial charge in [0.25, 0.3) is 5.91 Å². The van der Waals surface area contributed by atoms with Crippen molar-refractivity contribution < 1.29 is 9.21 Å². The van der Waals surface area contributed by atoms with Crippen LogP contribution < -0.4 is 16.0 Å². The van der Waals surface area contributed by atoms with E-state index in [4.69, 9.17) is 10.2 Å². The summed E-state index contributed by atoms with van der Waals surface area (Å²) < 4.78 is 5.40. The number of hydrogen-bond donors (Lipinski definition) is 2. The molecule has 21 heavy (non-hydrogen) atoms. The molecule has 0 bridgehead atoms. The lowest BCUT2D eigenvalue weighted by Gasteiger charge is -2.16. The largest absolute Gasteiger partial charge is 0.444 e. The van der Waals surface area contributed by atoms with Gasteiger partial charge >= 0.3 is 0 Å². The van der Waals surface area contributed by atoms with E-state index in [1.165, 1.54) is 0 Å². The van der Waals surface area contributed by atoms with E-state index in [-0.39, 0.29) is 11.9 Å². The van der Waals surface area contributed by atoms with Crippen LogP contribution in [0, 0.1) is 6.92 Å². The number of anilines is 2. The summed E-state index contributed by atoms with van der Waals surface area (Å²) >= 11 is 0. The maximum atomic E-state index is 12.2. The Morgan fingerprint density at radius 3 is 2.67 bits per heavy atom. The third-order valence-corrected chi connectivity index (χ3v) is 3.13. The van der Waals surface area contributed by atoms with Crippen LogP contribution >= 0.6 is 0 Å². The van der Waals surface area contributed by atoms with Gasteiger partial charge in [-0.2, -0.15) is 0 Å². The minimum absolute atomic E-state index is 0.213. The van der Waals surface area contributed by atoms with Crippen molar-refractivity contribution in [3.8, 4) is 0 Å². The lowest BCUT2D eigenvalue weighted by atomic mass is 10.1. The highest BCUT2D eigenvalue weighted by molar-refractivity contribution is 5.96. The van der Waals surface area contributed by atoms with Crippen LogP contribution in [0.1, 0.15) is 35.0 Å². The number of amides is 1. The Labute approximate surface area is 124 Å². The van der Waals surface area contributed by atoms with E-state index in [2.05, 4.69) is 10.3 Å². The topological polar surface area (TPSA) is 84.4 Å². The Morgan fingerprint density at radius 2 is 2.14 bits per heavy atom. The summed E-state index contributed by atoms with van der Waals surface area (Å²) in [4.78, 5) is 18.2. The first-order valence-electron chi connectivity index (χ1n) is 6.68. The first-order valence-corrected chi connectivity index (χ1v) is 6.68. The van der Waals surface area contributed by atoms with Crippen LogP contribution in [0.3, 0.4) is 0 Å². The molecule has 1 atom stereocenters. The number of benzene rings is 1. The fraction of sp³-hybridized carbons (Fsp3) is 0.333. The highest BCUT2D eigenvalue weighted by atomic mass is 16.4. The van der Waals surface area contributed by atoms with E-state index >= 15 is 0 Å². The number of rotatable bonds is 4. The van der Waals surface area contributed by atoms with Crippen molar-refractivity contribution in [3.05, 3.63) is 41.6 Å². The fourth-order valence-electron chi connectivity index (χ4n) is 2.02. The third kappa shape index (κ3) is 3.34. The molecule has 1 amide bonds. The monoisotopic (exact) mass is 288 g/mol. The number of nitrogen functional groups attached to an aromatic ring is 1. The molecule has 0 spiro atoms. The zero-order valence-electron chi connectivity index (χ0n) is 12.7. The van der Waals surface area contributed by atoms with Gasteiger partial charge in [0.05, 0.1) is 17.6 Å². The zero-order chi connectivity index (χ0) is 15.6. The van der Waals surface area contributed by atoms with Crippen LogP contribution in [0.25, 0.3) is 0 Å². The Balaban J connectivity index is 2.11. The molecule has 0 saturated carbocycles. The Bertz CT molecular complexity index is 649. The molecule has 112 valence electrons. The van der Waals surface area contributed by atoms with Crippen molar-refractivity contribution in [2.45, 2.75) is 19.9 Å². The number of aromatic nitrogens is 1. The van der Waals surface area contributed by atoms with E-state index in [1.54, 1.807) is 18.3 Å². The van der Waals surface area contributed by atoms with Crippen molar-refractivity contribution in [1.82, 2.24) is 10.3 Å². The summed E-state index contributed by atoms with van der Waals surface area (Å²) in [7, 11) is 3.80. The average molecular weight is 288 g/mol. The second-order valence-electron chi connectivity index (χ2n) is 5.17. The first kappa shape index (κ1) is 14.9. The Hall–Kier alpha value is -2.50. The summed E-state index contributed by atoms with van der Waals surface area (Å²) in [5.41, 5.74) is 7.90. The fourth-order valence-corrected chi connectivity index (χ4v) is 2.02. The molecular weight excluding hydrogens is 268 g/mol. The normalized spacial score (nSPS) is 12.0. The van der Waals surface area contributed by atoms with Crippen LogP contribution in [0.5, 0.6) is 0 Å². The van der Waals surface area contributed by atoms with Gasteiger partial charge in [0.15, 0.2) is 0 Å². The summed E-state index contributed by atoms with van der Waals surface area (Å²) in [6.07, 6.45) is 1.63. The van der Waals surface area contributed by atoms with Gasteiger partial charge in [-0.1, -0.05) is 0 Å². The van der Waals surface area contributed by atoms with Gasteiger partial charge in [-0.05, 0) is 32.0 Å². The van der Waals surface area contributed by atoms with Crippen LogP contribution in [0.15, 0.2) is 28.8 Å². The molecule has 0 fully saturated rings. The van der Waals surface area contributed by atoms with E-state index in [0.29, 0.717) is 22.9 Å². The predicted molar refractivity (Wildman–Crippen MR) is 82.3 cm³/mol. The molecule has 1 unspecified atom stereocenters. The number of aryl methyl sites for hydroxylation is 1. The van der Waals surface area contributed by atoms with Gasteiger partial charge in [-0.3, -0.25) is 4.79 Å². The van der Waals surface area contributed by atoms with Gasteiger partial charge in [0.2, 0.25) is 5.89 Å². The van der Waals surface area contributed by atoms with Crippen molar-refractivity contribution in [1.29, 1.82) is 0 Å². The van der Waals surface area contributed by atoms with E-state index in [1.807, 2.05) is 38.9 Å². The standard InChI is InChI=1S/C15H20N4O2/c1-9-8-17-15(21-9)10(2)18-14(20)11-5-6-13(19(3)4)12(16)7-11/h5-8,10H,16H2,1-4H3,(H,18,20). The van der Waals surface area contributed by atoms with Crippen molar-refractivity contribution in [3.63, 3.8) is 0 Å². The molecule has 0 aliphatic carbocycles. The maximum absolute atomic E-state index is 12.2. The number of nitrogens with one attached hydrogen (secondary N) is 1. The van der Waals surface area contributed by atoms with Crippen LogP contribution in [-0.2, 0) is 0 Å². The third-order valence-electron chi connectivity index (χ3n) is 3.13. The second kappa shape index (κ2) is 5.87. The predicted octanol–water partition coefficient (Wildman–Crippen LogP) is 2.12. The van der Waals surface area contributed by atoms with Gasteiger partial charge in [-0.15, -0.1) is 0 Å². The van der Waals surface area contributed by atoms with E-state index in [0.717, 1.165) is 5.69 Å². The molecule has 6 nitrogen and oxygen atoms in total. The summed E-state index contributed by atoms with van der Waals surface area (Å²) in [6, 6.07) is 4.93. The Kier molecular flexibility index (Phi) is 4.16. The number of nitrogens with two attached hydrogens (primary N) is 1. The van der Waals surface area contributed by atoms with Gasteiger partial charge in [0, 0.05) is 19.7 Å². The van der Waals surface area contributed by atoms with Crippen molar-refractivity contribution >= 4 is 17.3 Å². The van der Waals surface area contributed by atoms with Gasteiger partial charge < -0.3 is 20.4 Å². The lowest BCUT2D eigenvalue weighted by molar-refractivity contribution is 0.0934. The molecule has 2 aromatic rings. The highest BCUT2D eigenvalue weighted by Gasteiger charge is 2.16. The number of nitrogens with zero attached hydrogens (tertiary/aromatic N) is 2. The minimum atomic E-state index is -0.305. The average Bonchev–Trinajstić information content (AvgIpc) is 2.84. The number of carbonyl (C=O) groups is 1. The first-order chi connectivity index (χ1) is 9.88. The molecule has 1 aromatic heterocycles. The SMILES string of the molecule is Cc1cnc(C(C)NC(=O)c2ccc(N(C)C)c(N)c2)o1. The summed E-state index contributed by atoms with van der Waals surface area (Å²) in [5.74, 6) is 0.986. The lowest BCUT2D eigenvalue weighted by Crippen LogP contribution is -2.27. The smallest absolute Gasteiger partial charge is 0.251 e. The van der Waals surface area contributed by atoms with Gasteiger partial charge in [0.1, 0.15) is 11.8 Å². The van der Waals surface area contributed by atoms with Gasteiger partial charge in [-0.25, -0.2) is 4.98 Å². The van der Waals surface area contributed by atoms with E-state index < -0.39 is 0 Å². The molecule has 2 rings (SSSR count).